The average Bonchev–Trinajstić information content (AvgIpc) is 2.35. The van der Waals surface area contributed by atoms with Crippen LogP contribution in [0.15, 0.2) is 18.2 Å². The molecule has 1 aliphatic heterocycles. The number of hydrogen-bond acceptors (Lipinski definition) is 3. The van der Waals surface area contributed by atoms with Gasteiger partial charge in [0.1, 0.15) is 12.4 Å². The summed E-state index contributed by atoms with van der Waals surface area (Å²) in [5.41, 5.74) is 2.69. The summed E-state index contributed by atoms with van der Waals surface area (Å²) in [5, 5.41) is 3.45. The Morgan fingerprint density at radius 1 is 1.32 bits per heavy atom. The lowest BCUT2D eigenvalue weighted by atomic mass is 10.0. The Kier molecular flexibility index (Phi) is 4.48. The van der Waals surface area contributed by atoms with E-state index >= 15 is 0 Å². The lowest BCUT2D eigenvalue weighted by molar-refractivity contribution is 0.0742. The molecule has 1 aromatic rings. The van der Waals surface area contributed by atoms with Gasteiger partial charge in [0.15, 0.2) is 0 Å². The number of aryl methyl sites for hydroxylation is 2. The second-order valence-electron chi connectivity index (χ2n) is 6.09. The van der Waals surface area contributed by atoms with Crippen LogP contribution in [0.4, 0.5) is 0 Å². The normalized spacial score (nSPS) is 19.4. The predicted octanol–water partition coefficient (Wildman–Crippen LogP) is 2.37. The van der Waals surface area contributed by atoms with Gasteiger partial charge in [-0.25, -0.2) is 0 Å². The zero-order chi connectivity index (χ0) is 13.9. The first-order valence-electron chi connectivity index (χ1n) is 7.15. The van der Waals surface area contributed by atoms with Gasteiger partial charge in [-0.3, -0.25) is 4.90 Å². The molecule has 2 rings (SSSR count). The first-order valence-corrected chi connectivity index (χ1v) is 7.15. The van der Waals surface area contributed by atoms with Gasteiger partial charge >= 0.3 is 0 Å². The van der Waals surface area contributed by atoms with Crippen LogP contribution in [0, 0.1) is 13.8 Å². The van der Waals surface area contributed by atoms with Gasteiger partial charge in [-0.15, -0.1) is 0 Å². The van der Waals surface area contributed by atoms with E-state index < -0.39 is 0 Å². The highest BCUT2D eigenvalue weighted by Gasteiger charge is 2.28. The van der Waals surface area contributed by atoms with Crippen LogP contribution in [0.25, 0.3) is 0 Å². The number of rotatable bonds is 4. The summed E-state index contributed by atoms with van der Waals surface area (Å²) < 4.78 is 5.95. The number of benzene rings is 1. The van der Waals surface area contributed by atoms with Crippen molar-refractivity contribution in [2.75, 3.05) is 32.8 Å². The smallest absolute Gasteiger partial charge is 0.122 e. The standard InChI is InChI=1S/C16H26N2O/c1-13-5-6-14(2)15(11-13)19-10-9-18-8-7-17-12-16(18,3)4/h5-6,11,17H,7-10,12H2,1-4H3. The van der Waals surface area contributed by atoms with Crippen molar-refractivity contribution in [2.45, 2.75) is 33.2 Å². The molecule has 3 nitrogen and oxygen atoms in total. The average molecular weight is 262 g/mol. The largest absolute Gasteiger partial charge is 0.492 e. The second kappa shape index (κ2) is 5.93. The molecule has 3 heteroatoms. The van der Waals surface area contributed by atoms with E-state index in [2.05, 4.69) is 56.1 Å². The van der Waals surface area contributed by atoms with E-state index in [1.165, 1.54) is 11.1 Å². The minimum atomic E-state index is 0.225. The number of nitrogens with one attached hydrogen (secondary N) is 1. The summed E-state index contributed by atoms with van der Waals surface area (Å²) in [6, 6.07) is 6.37. The van der Waals surface area contributed by atoms with Gasteiger partial charge < -0.3 is 10.1 Å². The van der Waals surface area contributed by atoms with Crippen molar-refractivity contribution in [3.05, 3.63) is 29.3 Å². The molecule has 0 bridgehead atoms. The molecule has 1 fully saturated rings. The maximum atomic E-state index is 5.95. The van der Waals surface area contributed by atoms with E-state index in [-0.39, 0.29) is 5.54 Å². The molecule has 1 aliphatic rings. The van der Waals surface area contributed by atoms with E-state index in [9.17, 15) is 0 Å². The molecule has 0 unspecified atom stereocenters. The van der Waals surface area contributed by atoms with Crippen molar-refractivity contribution >= 4 is 0 Å². The third-order valence-electron chi connectivity index (χ3n) is 3.93. The van der Waals surface area contributed by atoms with E-state index in [0.717, 1.165) is 38.5 Å². The van der Waals surface area contributed by atoms with Gasteiger partial charge in [-0.2, -0.15) is 0 Å². The summed E-state index contributed by atoms with van der Waals surface area (Å²) in [4.78, 5) is 2.51. The van der Waals surface area contributed by atoms with Crippen molar-refractivity contribution in [1.29, 1.82) is 0 Å². The minimum absolute atomic E-state index is 0.225. The fourth-order valence-electron chi connectivity index (χ4n) is 2.57. The molecule has 1 saturated heterocycles. The maximum Gasteiger partial charge on any atom is 0.122 e. The lowest BCUT2D eigenvalue weighted by Gasteiger charge is -2.42. The van der Waals surface area contributed by atoms with E-state index in [1.54, 1.807) is 0 Å². The van der Waals surface area contributed by atoms with Crippen molar-refractivity contribution < 1.29 is 4.74 Å². The Bertz CT molecular complexity index is 429. The summed E-state index contributed by atoms with van der Waals surface area (Å²) in [6.07, 6.45) is 0. The highest BCUT2D eigenvalue weighted by atomic mass is 16.5. The van der Waals surface area contributed by atoms with Crippen LogP contribution >= 0.6 is 0 Å². The third-order valence-corrected chi connectivity index (χ3v) is 3.93. The minimum Gasteiger partial charge on any atom is -0.492 e. The van der Waals surface area contributed by atoms with Gasteiger partial charge in [-0.1, -0.05) is 12.1 Å². The van der Waals surface area contributed by atoms with Crippen LogP contribution in [0.3, 0.4) is 0 Å². The number of hydrogen-bond donors (Lipinski definition) is 1. The number of nitrogens with zero attached hydrogens (tertiary/aromatic N) is 1. The highest BCUT2D eigenvalue weighted by molar-refractivity contribution is 5.35. The zero-order valence-corrected chi connectivity index (χ0v) is 12.6. The molecule has 1 aromatic carbocycles. The molecule has 106 valence electrons. The topological polar surface area (TPSA) is 24.5 Å². The fourth-order valence-corrected chi connectivity index (χ4v) is 2.57. The summed E-state index contributed by atoms with van der Waals surface area (Å²) >= 11 is 0. The van der Waals surface area contributed by atoms with E-state index in [0.29, 0.717) is 0 Å². The van der Waals surface area contributed by atoms with Gasteiger partial charge in [0.2, 0.25) is 0 Å². The van der Waals surface area contributed by atoms with E-state index in [4.69, 9.17) is 4.74 Å². The Balaban J connectivity index is 1.87. The van der Waals surface area contributed by atoms with Crippen molar-refractivity contribution in [1.82, 2.24) is 10.2 Å². The first-order chi connectivity index (χ1) is 8.99. The molecule has 1 heterocycles. The van der Waals surface area contributed by atoms with Gasteiger partial charge in [-0.05, 0) is 44.9 Å². The molecule has 0 spiro atoms. The van der Waals surface area contributed by atoms with Crippen molar-refractivity contribution in [3.63, 3.8) is 0 Å². The first kappa shape index (κ1) is 14.4. The molecular weight excluding hydrogens is 236 g/mol. The molecule has 0 saturated carbocycles. The van der Waals surface area contributed by atoms with Crippen LogP contribution in [0.2, 0.25) is 0 Å². The van der Waals surface area contributed by atoms with Gasteiger partial charge in [0.25, 0.3) is 0 Å². The zero-order valence-electron chi connectivity index (χ0n) is 12.6. The fraction of sp³-hybridized carbons (Fsp3) is 0.625. The summed E-state index contributed by atoms with van der Waals surface area (Å²) in [6.45, 7) is 13.8. The number of piperazine rings is 1. The van der Waals surface area contributed by atoms with Gasteiger partial charge in [0.05, 0.1) is 0 Å². The molecule has 19 heavy (non-hydrogen) atoms. The monoisotopic (exact) mass is 262 g/mol. The Hall–Kier alpha value is -1.06. The van der Waals surface area contributed by atoms with Crippen LogP contribution in [-0.4, -0.2) is 43.2 Å². The van der Waals surface area contributed by atoms with Crippen LogP contribution in [0.1, 0.15) is 25.0 Å². The molecule has 0 amide bonds. The Labute approximate surface area is 116 Å². The molecule has 1 N–H and O–H groups in total. The lowest BCUT2D eigenvalue weighted by Crippen LogP contribution is -2.58. The third kappa shape index (κ3) is 3.71. The molecule has 0 aromatic heterocycles. The summed E-state index contributed by atoms with van der Waals surface area (Å²) in [5.74, 6) is 1.02. The quantitative estimate of drug-likeness (QED) is 0.901. The molecular formula is C16H26N2O. The molecule has 0 aliphatic carbocycles. The van der Waals surface area contributed by atoms with Gasteiger partial charge in [0, 0.05) is 31.7 Å². The molecule has 0 radical (unpaired) electrons. The maximum absolute atomic E-state index is 5.95. The predicted molar refractivity (Wildman–Crippen MR) is 79.9 cm³/mol. The highest BCUT2D eigenvalue weighted by Crippen LogP contribution is 2.20. The summed E-state index contributed by atoms with van der Waals surface area (Å²) in [7, 11) is 0. The Morgan fingerprint density at radius 2 is 2.11 bits per heavy atom. The van der Waals surface area contributed by atoms with Crippen molar-refractivity contribution in [2.24, 2.45) is 0 Å². The van der Waals surface area contributed by atoms with Crippen LogP contribution in [0.5, 0.6) is 5.75 Å². The second-order valence-corrected chi connectivity index (χ2v) is 6.09. The Morgan fingerprint density at radius 3 is 2.84 bits per heavy atom. The molecule has 0 atom stereocenters. The van der Waals surface area contributed by atoms with Crippen molar-refractivity contribution in [3.8, 4) is 5.75 Å². The SMILES string of the molecule is Cc1ccc(C)c(OCCN2CCNCC2(C)C)c1. The number of ether oxygens (including phenoxy) is 1. The van der Waals surface area contributed by atoms with E-state index in [1.807, 2.05) is 0 Å². The van der Waals surface area contributed by atoms with Crippen LogP contribution < -0.4 is 10.1 Å². The van der Waals surface area contributed by atoms with Crippen LogP contribution in [-0.2, 0) is 0 Å².